The first-order valence-corrected chi connectivity index (χ1v) is 9.18. The van der Waals surface area contributed by atoms with Gasteiger partial charge in [-0.1, -0.05) is 12.1 Å². The first kappa shape index (κ1) is 18.9. The van der Waals surface area contributed by atoms with Crippen molar-refractivity contribution in [3.05, 3.63) is 51.6 Å². The number of carbonyl (C=O) groups excluding carboxylic acids is 2. The van der Waals surface area contributed by atoms with Crippen LogP contribution in [-0.2, 0) is 12.8 Å². The van der Waals surface area contributed by atoms with E-state index < -0.39 is 11.6 Å². The van der Waals surface area contributed by atoms with E-state index in [4.69, 9.17) is 10.6 Å². The number of phenols is 2. The molecule has 0 aliphatic heterocycles. The molecule has 0 bridgehead atoms. The second-order valence-electron chi connectivity index (χ2n) is 7.16. The second-order valence-corrected chi connectivity index (χ2v) is 7.16. The summed E-state index contributed by atoms with van der Waals surface area (Å²) in [5, 5.41) is 34.9. The molecule has 0 radical (unpaired) electrons. The molecule has 1 atom stereocenters. The van der Waals surface area contributed by atoms with Gasteiger partial charge in [-0.2, -0.15) is 5.10 Å². The third-order valence-corrected chi connectivity index (χ3v) is 5.82. The number of aliphatic hydroxyl groups is 1. The first-order chi connectivity index (χ1) is 13.9. The van der Waals surface area contributed by atoms with Gasteiger partial charge in [-0.05, 0) is 25.3 Å². The number of phenolic OH excluding ortho intramolecular Hbond substituents is 2. The van der Waals surface area contributed by atoms with Gasteiger partial charge >= 0.3 is 0 Å². The fourth-order valence-corrected chi connectivity index (χ4v) is 4.37. The molecule has 150 valence electrons. The Morgan fingerprint density at radius 1 is 1.14 bits per heavy atom. The van der Waals surface area contributed by atoms with Gasteiger partial charge in [0.2, 0.25) is 5.78 Å². The normalized spacial score (nSPS) is 18.1. The van der Waals surface area contributed by atoms with Gasteiger partial charge < -0.3 is 25.9 Å². The molecule has 0 heterocycles. The van der Waals surface area contributed by atoms with Crippen LogP contribution in [0.25, 0.3) is 0 Å². The molecule has 2 aliphatic carbocycles. The van der Waals surface area contributed by atoms with Gasteiger partial charge in [-0.25, -0.2) is 0 Å². The van der Waals surface area contributed by atoms with E-state index in [0.29, 0.717) is 29.7 Å². The fourth-order valence-electron chi connectivity index (χ4n) is 4.37. The van der Waals surface area contributed by atoms with E-state index in [1.807, 2.05) is 0 Å². The standard InChI is InChI=1S/C21H20N2O6/c1-29-14-4-2-3-11-15(14)21(28)17-16(19(11)26)20(27)12-7-9(13(8-24)23-22)5-6-10(12)18(17)25/h2-4,9,24-25,27H,5-8,22H2,1H3/b23-13+. The molecule has 5 N–H and O–H groups in total. The monoisotopic (exact) mass is 396 g/mol. The Morgan fingerprint density at radius 2 is 1.83 bits per heavy atom. The highest BCUT2D eigenvalue weighted by molar-refractivity contribution is 6.31. The number of ether oxygens (including phenoxy) is 1. The quantitative estimate of drug-likeness (QED) is 0.226. The Labute approximate surface area is 166 Å². The van der Waals surface area contributed by atoms with Crippen LogP contribution in [0.15, 0.2) is 23.3 Å². The molecular formula is C21H20N2O6. The number of hydrogen-bond acceptors (Lipinski definition) is 8. The fraction of sp³-hybridized carbons (Fsp3) is 0.286. The van der Waals surface area contributed by atoms with Crippen LogP contribution < -0.4 is 10.6 Å². The summed E-state index contributed by atoms with van der Waals surface area (Å²) in [6.07, 6.45) is 1.11. The first-order valence-electron chi connectivity index (χ1n) is 9.18. The molecule has 2 aliphatic rings. The Kier molecular flexibility index (Phi) is 4.50. The zero-order valence-electron chi connectivity index (χ0n) is 15.7. The van der Waals surface area contributed by atoms with Gasteiger partial charge in [0.05, 0.1) is 36.1 Å². The molecule has 0 saturated carbocycles. The van der Waals surface area contributed by atoms with Gasteiger partial charge in [-0.15, -0.1) is 0 Å². The van der Waals surface area contributed by atoms with E-state index in [0.717, 1.165) is 0 Å². The van der Waals surface area contributed by atoms with Gasteiger partial charge in [0.15, 0.2) is 5.78 Å². The number of rotatable bonds is 3. The highest BCUT2D eigenvalue weighted by Crippen LogP contribution is 2.47. The number of aliphatic hydroxyl groups excluding tert-OH is 1. The van der Waals surface area contributed by atoms with Crippen molar-refractivity contribution in [2.75, 3.05) is 13.7 Å². The molecule has 0 fully saturated rings. The Hall–Kier alpha value is -3.39. The molecule has 0 amide bonds. The van der Waals surface area contributed by atoms with Crippen molar-refractivity contribution in [1.82, 2.24) is 0 Å². The molecule has 8 heteroatoms. The van der Waals surface area contributed by atoms with E-state index in [2.05, 4.69) is 5.10 Å². The number of hydrazone groups is 1. The van der Waals surface area contributed by atoms with Crippen molar-refractivity contribution in [3.63, 3.8) is 0 Å². The summed E-state index contributed by atoms with van der Waals surface area (Å²) in [5.74, 6) is 3.60. The highest BCUT2D eigenvalue weighted by atomic mass is 16.5. The zero-order valence-corrected chi connectivity index (χ0v) is 15.7. The second kappa shape index (κ2) is 6.89. The van der Waals surface area contributed by atoms with Crippen molar-refractivity contribution >= 4 is 17.3 Å². The van der Waals surface area contributed by atoms with E-state index in [1.165, 1.54) is 13.2 Å². The topological polar surface area (TPSA) is 142 Å². The molecular weight excluding hydrogens is 376 g/mol. The van der Waals surface area contributed by atoms with Crippen LogP contribution in [0, 0.1) is 5.92 Å². The van der Waals surface area contributed by atoms with Crippen LogP contribution >= 0.6 is 0 Å². The lowest BCUT2D eigenvalue weighted by molar-refractivity contribution is 0.0971. The zero-order chi connectivity index (χ0) is 20.9. The van der Waals surface area contributed by atoms with Gasteiger partial charge in [-0.3, -0.25) is 9.59 Å². The summed E-state index contributed by atoms with van der Waals surface area (Å²) in [6, 6.07) is 4.65. The minimum absolute atomic E-state index is 0.0775. The average Bonchev–Trinajstić information content (AvgIpc) is 2.74. The van der Waals surface area contributed by atoms with Crippen LogP contribution in [0.1, 0.15) is 49.4 Å². The van der Waals surface area contributed by atoms with Crippen LogP contribution in [0.4, 0.5) is 0 Å². The maximum absolute atomic E-state index is 13.2. The minimum atomic E-state index is -0.565. The molecule has 2 aromatic rings. The third-order valence-electron chi connectivity index (χ3n) is 5.82. The van der Waals surface area contributed by atoms with E-state index in [1.54, 1.807) is 12.1 Å². The largest absolute Gasteiger partial charge is 0.507 e. The minimum Gasteiger partial charge on any atom is -0.507 e. The smallest absolute Gasteiger partial charge is 0.202 e. The van der Waals surface area contributed by atoms with Crippen molar-refractivity contribution in [2.45, 2.75) is 19.3 Å². The van der Waals surface area contributed by atoms with E-state index >= 15 is 0 Å². The summed E-state index contributed by atoms with van der Waals surface area (Å²) in [6.45, 7) is -0.321. The number of carbonyl (C=O) groups is 2. The number of aromatic hydroxyl groups is 2. The van der Waals surface area contributed by atoms with Gasteiger partial charge in [0.25, 0.3) is 0 Å². The highest BCUT2D eigenvalue weighted by Gasteiger charge is 2.40. The molecule has 0 saturated heterocycles. The Balaban J connectivity index is 1.93. The molecule has 0 spiro atoms. The van der Waals surface area contributed by atoms with Crippen molar-refractivity contribution in [3.8, 4) is 17.2 Å². The number of benzene rings is 2. The number of nitrogens with zero attached hydrogens (tertiary/aromatic N) is 1. The number of fused-ring (bicyclic) bond motifs is 3. The van der Waals surface area contributed by atoms with Crippen LogP contribution in [0.5, 0.6) is 17.2 Å². The summed E-state index contributed by atoms with van der Waals surface area (Å²) >= 11 is 0. The molecule has 8 nitrogen and oxygen atoms in total. The number of methoxy groups -OCH3 is 1. The molecule has 0 aromatic heterocycles. The van der Waals surface area contributed by atoms with E-state index in [9.17, 15) is 24.9 Å². The molecule has 2 aromatic carbocycles. The Morgan fingerprint density at radius 3 is 2.48 bits per heavy atom. The van der Waals surface area contributed by atoms with E-state index in [-0.39, 0.29) is 58.4 Å². The maximum Gasteiger partial charge on any atom is 0.202 e. The summed E-state index contributed by atoms with van der Waals surface area (Å²) < 4.78 is 5.23. The van der Waals surface area contributed by atoms with Gasteiger partial charge in [0, 0.05) is 22.6 Å². The number of nitrogens with two attached hydrogens (primary N) is 1. The number of hydrogen-bond donors (Lipinski definition) is 4. The van der Waals surface area contributed by atoms with Crippen LogP contribution in [-0.4, -0.2) is 46.3 Å². The molecule has 29 heavy (non-hydrogen) atoms. The third kappa shape index (κ3) is 2.60. The van der Waals surface area contributed by atoms with Crippen molar-refractivity contribution < 1.29 is 29.6 Å². The number of ketones is 2. The summed E-state index contributed by atoms with van der Waals surface area (Å²) in [5.41, 5.74) is 0.965. The molecule has 1 unspecified atom stereocenters. The molecule has 4 rings (SSSR count). The summed E-state index contributed by atoms with van der Waals surface area (Å²) in [4.78, 5) is 26.3. The predicted octanol–water partition coefficient (Wildman–Crippen LogP) is 1.29. The SMILES string of the molecule is COc1cccc2c1C(=O)c1c(O)c3c(c(O)c1C2=O)CC(/C(CO)=N/N)CC3. The lowest BCUT2D eigenvalue weighted by Crippen LogP contribution is -2.28. The van der Waals surface area contributed by atoms with Crippen LogP contribution in [0.2, 0.25) is 0 Å². The Bertz CT molecular complexity index is 1090. The van der Waals surface area contributed by atoms with Crippen molar-refractivity contribution in [1.29, 1.82) is 0 Å². The predicted molar refractivity (Wildman–Crippen MR) is 104 cm³/mol. The lowest BCUT2D eigenvalue weighted by Gasteiger charge is -2.30. The van der Waals surface area contributed by atoms with Crippen molar-refractivity contribution in [2.24, 2.45) is 16.9 Å². The maximum atomic E-state index is 13.2. The average molecular weight is 396 g/mol. The van der Waals surface area contributed by atoms with Gasteiger partial charge in [0.1, 0.15) is 17.2 Å². The van der Waals surface area contributed by atoms with Crippen LogP contribution in [0.3, 0.4) is 0 Å². The lowest BCUT2D eigenvalue weighted by atomic mass is 9.74. The summed E-state index contributed by atoms with van der Waals surface area (Å²) in [7, 11) is 1.39.